The summed E-state index contributed by atoms with van der Waals surface area (Å²) in [5.74, 6) is 0.998. The van der Waals surface area contributed by atoms with E-state index in [1.54, 1.807) is 23.1 Å². The van der Waals surface area contributed by atoms with Gasteiger partial charge in [-0.25, -0.2) is 4.98 Å². The number of thioether (sulfide) groups is 1. The van der Waals surface area contributed by atoms with E-state index in [0.29, 0.717) is 0 Å². The summed E-state index contributed by atoms with van der Waals surface area (Å²) in [6.07, 6.45) is 0. The molecule has 0 radical (unpaired) electrons. The molecule has 1 saturated heterocycles. The van der Waals surface area contributed by atoms with E-state index in [-0.39, 0.29) is 11.9 Å². The predicted molar refractivity (Wildman–Crippen MR) is 96.2 cm³/mol. The molecule has 1 amide bonds. The van der Waals surface area contributed by atoms with Crippen molar-refractivity contribution >= 4 is 29.0 Å². The van der Waals surface area contributed by atoms with E-state index < -0.39 is 0 Å². The molecule has 2 aromatic rings. The molecule has 0 bridgehead atoms. The second kappa shape index (κ2) is 7.47. The molecule has 1 aromatic heterocycles. The number of nitrogens with zero attached hydrogens (tertiary/aromatic N) is 2. The summed E-state index contributed by atoms with van der Waals surface area (Å²) in [6, 6.07) is 8.18. The SMILES string of the molecule is Cc1nc(CSc2ccc(C(=O)N3CCNCC3C)cc2)cs1. The Morgan fingerprint density at radius 3 is 2.87 bits per heavy atom. The average molecular weight is 348 g/mol. The molecule has 1 aromatic carbocycles. The minimum atomic E-state index is 0.130. The first kappa shape index (κ1) is 16.5. The molecule has 0 spiro atoms. The highest BCUT2D eigenvalue weighted by Crippen LogP contribution is 2.24. The molecule has 122 valence electrons. The summed E-state index contributed by atoms with van der Waals surface area (Å²) >= 11 is 3.43. The fourth-order valence-electron chi connectivity index (χ4n) is 2.63. The van der Waals surface area contributed by atoms with E-state index in [4.69, 9.17) is 0 Å². The lowest BCUT2D eigenvalue weighted by molar-refractivity contribution is 0.0655. The van der Waals surface area contributed by atoms with Crippen LogP contribution in [0.3, 0.4) is 0 Å². The number of hydrogen-bond donors (Lipinski definition) is 1. The normalized spacial score (nSPS) is 18.2. The summed E-state index contributed by atoms with van der Waals surface area (Å²) in [4.78, 5) is 20.2. The van der Waals surface area contributed by atoms with Crippen LogP contribution in [0.4, 0.5) is 0 Å². The highest BCUT2D eigenvalue weighted by Gasteiger charge is 2.23. The number of amides is 1. The van der Waals surface area contributed by atoms with Gasteiger partial charge in [0.2, 0.25) is 0 Å². The Hall–Kier alpha value is -1.37. The van der Waals surface area contributed by atoms with Crippen LogP contribution in [0.15, 0.2) is 34.5 Å². The highest BCUT2D eigenvalue weighted by molar-refractivity contribution is 7.98. The third-order valence-corrected chi connectivity index (χ3v) is 5.78. The summed E-state index contributed by atoms with van der Waals surface area (Å²) in [5, 5.41) is 6.52. The second-order valence-corrected chi connectivity index (χ2v) is 7.83. The molecule has 4 nitrogen and oxygen atoms in total. The summed E-state index contributed by atoms with van der Waals surface area (Å²) in [6.45, 7) is 6.63. The fourth-order valence-corrected chi connectivity index (χ4v) is 4.14. The van der Waals surface area contributed by atoms with Gasteiger partial charge in [0.25, 0.3) is 5.91 Å². The van der Waals surface area contributed by atoms with E-state index in [1.165, 1.54) is 4.90 Å². The molecule has 0 aliphatic carbocycles. The minimum absolute atomic E-state index is 0.130. The molecule has 3 rings (SSSR count). The molecule has 1 N–H and O–H groups in total. The summed E-state index contributed by atoms with van der Waals surface area (Å²) in [7, 11) is 0. The first-order chi connectivity index (χ1) is 11.1. The first-order valence-corrected chi connectivity index (χ1v) is 9.65. The summed E-state index contributed by atoms with van der Waals surface area (Å²) < 4.78 is 0. The van der Waals surface area contributed by atoms with Gasteiger partial charge in [0.1, 0.15) is 0 Å². The van der Waals surface area contributed by atoms with Gasteiger partial charge in [-0.05, 0) is 38.1 Å². The van der Waals surface area contributed by atoms with Crippen LogP contribution < -0.4 is 5.32 Å². The Morgan fingerprint density at radius 2 is 2.22 bits per heavy atom. The average Bonchev–Trinajstić information content (AvgIpc) is 2.99. The van der Waals surface area contributed by atoms with Gasteiger partial charge in [0.05, 0.1) is 10.7 Å². The van der Waals surface area contributed by atoms with Gasteiger partial charge in [-0.1, -0.05) is 0 Å². The maximum atomic E-state index is 12.6. The number of rotatable bonds is 4. The second-order valence-electron chi connectivity index (χ2n) is 5.72. The third kappa shape index (κ3) is 4.13. The van der Waals surface area contributed by atoms with Gasteiger partial charge in [-0.3, -0.25) is 4.79 Å². The van der Waals surface area contributed by atoms with Crippen molar-refractivity contribution in [1.82, 2.24) is 15.2 Å². The largest absolute Gasteiger partial charge is 0.333 e. The number of piperazine rings is 1. The first-order valence-electron chi connectivity index (χ1n) is 7.79. The highest BCUT2D eigenvalue weighted by atomic mass is 32.2. The number of nitrogens with one attached hydrogen (secondary N) is 1. The number of aryl methyl sites for hydroxylation is 1. The van der Waals surface area contributed by atoms with Crippen LogP contribution in [0.1, 0.15) is 28.0 Å². The molecule has 1 aliphatic heterocycles. The molecule has 1 fully saturated rings. The lowest BCUT2D eigenvalue weighted by Gasteiger charge is -2.34. The molecule has 2 heterocycles. The lowest BCUT2D eigenvalue weighted by Crippen LogP contribution is -2.52. The Labute approximate surface area is 145 Å². The van der Waals surface area contributed by atoms with E-state index in [1.807, 2.05) is 36.1 Å². The van der Waals surface area contributed by atoms with E-state index >= 15 is 0 Å². The number of carbonyl (C=O) groups is 1. The topological polar surface area (TPSA) is 45.2 Å². The Kier molecular flexibility index (Phi) is 5.35. The van der Waals surface area contributed by atoms with Crippen molar-refractivity contribution in [3.63, 3.8) is 0 Å². The van der Waals surface area contributed by atoms with Gasteiger partial charge in [0.15, 0.2) is 0 Å². The van der Waals surface area contributed by atoms with Crippen LogP contribution in [-0.2, 0) is 5.75 Å². The maximum Gasteiger partial charge on any atom is 0.254 e. The number of thiazole rings is 1. The molecule has 1 atom stereocenters. The standard InChI is InChI=1S/C17H21N3OS2/c1-12-9-18-7-8-20(12)17(21)14-3-5-16(6-4-14)23-11-15-10-22-13(2)19-15/h3-6,10,12,18H,7-9,11H2,1-2H3. The molecule has 0 saturated carbocycles. The number of hydrogen-bond acceptors (Lipinski definition) is 5. The Balaban J connectivity index is 1.61. The molecular weight excluding hydrogens is 326 g/mol. The number of benzene rings is 1. The summed E-state index contributed by atoms with van der Waals surface area (Å²) in [5.41, 5.74) is 1.89. The molecule has 23 heavy (non-hydrogen) atoms. The van der Waals surface area contributed by atoms with Crippen molar-refractivity contribution in [1.29, 1.82) is 0 Å². The zero-order chi connectivity index (χ0) is 16.2. The predicted octanol–water partition coefficient (Wildman–Crippen LogP) is 3.18. The van der Waals surface area contributed by atoms with E-state index in [9.17, 15) is 4.79 Å². The monoisotopic (exact) mass is 347 g/mol. The zero-order valence-electron chi connectivity index (χ0n) is 13.4. The van der Waals surface area contributed by atoms with Gasteiger partial charge in [0, 0.05) is 47.3 Å². The van der Waals surface area contributed by atoms with Crippen molar-refractivity contribution in [2.24, 2.45) is 0 Å². The van der Waals surface area contributed by atoms with Gasteiger partial charge in [-0.15, -0.1) is 23.1 Å². The van der Waals surface area contributed by atoms with Crippen LogP contribution in [-0.4, -0.2) is 41.5 Å². The van der Waals surface area contributed by atoms with E-state index in [2.05, 4.69) is 22.6 Å². The van der Waals surface area contributed by atoms with Gasteiger partial charge >= 0.3 is 0 Å². The van der Waals surface area contributed by atoms with Crippen molar-refractivity contribution in [3.8, 4) is 0 Å². The molecule has 1 aliphatic rings. The van der Waals surface area contributed by atoms with Gasteiger partial charge in [-0.2, -0.15) is 0 Å². The van der Waals surface area contributed by atoms with Crippen LogP contribution in [0, 0.1) is 6.92 Å². The molecule has 1 unspecified atom stereocenters. The van der Waals surface area contributed by atoms with Gasteiger partial charge < -0.3 is 10.2 Å². The smallest absolute Gasteiger partial charge is 0.254 e. The minimum Gasteiger partial charge on any atom is -0.333 e. The molecular formula is C17H21N3OS2. The van der Waals surface area contributed by atoms with Crippen molar-refractivity contribution in [3.05, 3.63) is 45.9 Å². The number of carbonyl (C=O) groups excluding carboxylic acids is 1. The Bertz CT molecular complexity index is 669. The lowest BCUT2D eigenvalue weighted by atomic mass is 10.1. The van der Waals surface area contributed by atoms with Crippen LogP contribution in [0.25, 0.3) is 0 Å². The molecule has 6 heteroatoms. The third-order valence-electron chi connectivity index (χ3n) is 3.92. The van der Waals surface area contributed by atoms with Crippen molar-refractivity contribution in [2.75, 3.05) is 19.6 Å². The van der Waals surface area contributed by atoms with E-state index in [0.717, 1.165) is 41.7 Å². The quantitative estimate of drug-likeness (QED) is 0.863. The van der Waals surface area contributed by atoms with Crippen LogP contribution >= 0.6 is 23.1 Å². The fraction of sp³-hybridized carbons (Fsp3) is 0.412. The number of aromatic nitrogens is 1. The Morgan fingerprint density at radius 1 is 1.43 bits per heavy atom. The van der Waals surface area contributed by atoms with Crippen LogP contribution in [0.2, 0.25) is 0 Å². The van der Waals surface area contributed by atoms with Crippen molar-refractivity contribution < 1.29 is 4.79 Å². The maximum absolute atomic E-state index is 12.6. The van der Waals surface area contributed by atoms with Crippen molar-refractivity contribution in [2.45, 2.75) is 30.5 Å². The van der Waals surface area contributed by atoms with Crippen LogP contribution in [0.5, 0.6) is 0 Å². The zero-order valence-corrected chi connectivity index (χ0v) is 15.0.